The lowest BCUT2D eigenvalue weighted by Crippen LogP contribution is -2.19. The minimum Gasteiger partial charge on any atom is -0.389 e. The number of fused-ring (bicyclic) bond motifs is 1. The molecule has 1 aliphatic carbocycles. The van der Waals surface area contributed by atoms with E-state index in [9.17, 15) is 4.79 Å². The van der Waals surface area contributed by atoms with Crippen LogP contribution in [0.4, 0.5) is 5.82 Å². The summed E-state index contributed by atoms with van der Waals surface area (Å²) >= 11 is 5.10. The van der Waals surface area contributed by atoms with Gasteiger partial charge in [-0.25, -0.2) is 4.98 Å². The molecule has 1 aromatic heterocycles. The van der Waals surface area contributed by atoms with Crippen molar-refractivity contribution in [1.29, 1.82) is 0 Å². The first-order valence-electron chi connectivity index (χ1n) is 6.92. The molecule has 108 valence electrons. The Kier molecular flexibility index (Phi) is 4.89. The van der Waals surface area contributed by atoms with Gasteiger partial charge in [0, 0.05) is 18.7 Å². The molecule has 1 aromatic rings. The van der Waals surface area contributed by atoms with Crippen LogP contribution >= 0.6 is 12.2 Å². The molecule has 0 aliphatic heterocycles. The van der Waals surface area contributed by atoms with E-state index in [4.69, 9.17) is 23.7 Å². The van der Waals surface area contributed by atoms with E-state index in [2.05, 4.69) is 16.4 Å². The summed E-state index contributed by atoms with van der Waals surface area (Å²) < 4.78 is 0. The van der Waals surface area contributed by atoms with Gasteiger partial charge in [-0.3, -0.25) is 4.79 Å². The quantitative estimate of drug-likeness (QED) is 0.542. The summed E-state index contributed by atoms with van der Waals surface area (Å²) in [5, 5.41) is 3.21. The molecule has 0 unspecified atom stereocenters. The average molecular weight is 292 g/mol. The molecule has 1 amide bonds. The van der Waals surface area contributed by atoms with Gasteiger partial charge in [0.15, 0.2) is 0 Å². The molecule has 6 heteroatoms. The van der Waals surface area contributed by atoms with Gasteiger partial charge in [-0.15, -0.1) is 0 Å². The first kappa shape index (κ1) is 14.7. The average Bonchev–Trinajstić information content (AvgIpc) is 2.42. The van der Waals surface area contributed by atoms with Gasteiger partial charge in [-0.1, -0.05) is 12.2 Å². The van der Waals surface area contributed by atoms with Crippen molar-refractivity contribution in [3.8, 4) is 0 Å². The summed E-state index contributed by atoms with van der Waals surface area (Å²) in [5.74, 6) is 0.433. The third kappa shape index (κ3) is 3.66. The van der Waals surface area contributed by atoms with Crippen LogP contribution in [0.3, 0.4) is 0 Å². The molecular weight excluding hydrogens is 272 g/mol. The van der Waals surface area contributed by atoms with Crippen LogP contribution in [0.2, 0.25) is 0 Å². The van der Waals surface area contributed by atoms with Gasteiger partial charge in [0.25, 0.3) is 0 Å². The molecule has 1 aliphatic rings. The van der Waals surface area contributed by atoms with E-state index < -0.39 is 0 Å². The number of hydrogen-bond acceptors (Lipinski definition) is 4. The highest BCUT2D eigenvalue weighted by Gasteiger charge is 2.16. The molecule has 0 atom stereocenters. The molecule has 5 nitrogen and oxygen atoms in total. The monoisotopic (exact) mass is 292 g/mol. The summed E-state index contributed by atoms with van der Waals surface area (Å²) in [4.78, 5) is 15.7. The molecule has 2 rings (SSSR count). The number of nitrogens with one attached hydrogen (secondary N) is 1. The molecule has 20 heavy (non-hydrogen) atoms. The fourth-order valence-electron chi connectivity index (χ4n) is 2.43. The van der Waals surface area contributed by atoms with Gasteiger partial charge in [0.1, 0.15) is 10.8 Å². The van der Waals surface area contributed by atoms with Crippen LogP contribution in [0, 0.1) is 0 Å². The van der Waals surface area contributed by atoms with E-state index in [1.807, 2.05) is 0 Å². The van der Waals surface area contributed by atoms with E-state index in [0.29, 0.717) is 24.4 Å². The maximum atomic E-state index is 10.7. The van der Waals surface area contributed by atoms with E-state index in [-0.39, 0.29) is 5.91 Å². The van der Waals surface area contributed by atoms with Gasteiger partial charge < -0.3 is 16.8 Å². The number of aromatic nitrogens is 1. The number of aryl methyl sites for hydroxylation is 2. The first-order valence-corrected chi connectivity index (χ1v) is 7.33. The first-order chi connectivity index (χ1) is 9.58. The number of nitrogens with zero attached hydrogens (tertiary/aromatic N) is 1. The zero-order chi connectivity index (χ0) is 14.5. The molecule has 0 aromatic carbocycles. The Morgan fingerprint density at radius 2 is 2.10 bits per heavy atom. The smallest absolute Gasteiger partial charge is 0.217 e. The minimum absolute atomic E-state index is 0.292. The van der Waals surface area contributed by atoms with Crippen molar-refractivity contribution in [3.63, 3.8) is 0 Å². The van der Waals surface area contributed by atoms with Crippen LogP contribution in [0.15, 0.2) is 6.07 Å². The number of primary amides is 1. The Morgan fingerprint density at radius 1 is 1.35 bits per heavy atom. The minimum atomic E-state index is -0.292. The lowest BCUT2D eigenvalue weighted by molar-refractivity contribution is -0.118. The summed E-state index contributed by atoms with van der Waals surface area (Å²) in [7, 11) is 0. The zero-order valence-electron chi connectivity index (χ0n) is 11.4. The Hall–Kier alpha value is -1.69. The number of anilines is 1. The van der Waals surface area contributed by atoms with Crippen LogP contribution in [-0.2, 0) is 17.6 Å². The number of carbonyl (C=O) groups excluding carboxylic acids is 1. The predicted octanol–water partition coefficient (Wildman–Crippen LogP) is 1.27. The second kappa shape index (κ2) is 6.65. The van der Waals surface area contributed by atoms with Crippen LogP contribution in [0.1, 0.15) is 42.5 Å². The maximum absolute atomic E-state index is 10.7. The summed E-state index contributed by atoms with van der Waals surface area (Å²) in [6, 6.07) is 2.06. The topological polar surface area (TPSA) is 94.0 Å². The molecule has 0 saturated heterocycles. The van der Waals surface area contributed by atoms with Crippen molar-refractivity contribution in [2.75, 3.05) is 11.9 Å². The van der Waals surface area contributed by atoms with Crippen molar-refractivity contribution >= 4 is 28.9 Å². The number of pyridine rings is 1. The van der Waals surface area contributed by atoms with E-state index >= 15 is 0 Å². The lowest BCUT2D eigenvalue weighted by Gasteiger charge is -2.19. The number of hydrogen-bond donors (Lipinski definition) is 3. The summed E-state index contributed by atoms with van der Waals surface area (Å²) in [6.07, 6.45) is 5.44. The maximum Gasteiger partial charge on any atom is 0.217 e. The molecular formula is C14H20N4OS. The largest absolute Gasteiger partial charge is 0.389 e. The molecule has 1 heterocycles. The molecule has 0 fully saturated rings. The summed E-state index contributed by atoms with van der Waals surface area (Å²) in [5.41, 5.74) is 14.1. The van der Waals surface area contributed by atoms with Crippen molar-refractivity contribution < 1.29 is 4.79 Å². The van der Waals surface area contributed by atoms with Crippen LogP contribution in [0.25, 0.3) is 0 Å². The van der Waals surface area contributed by atoms with Gasteiger partial charge >= 0.3 is 0 Å². The van der Waals surface area contributed by atoms with E-state index in [0.717, 1.165) is 29.9 Å². The molecule has 0 bridgehead atoms. The highest BCUT2D eigenvalue weighted by molar-refractivity contribution is 7.80. The standard InChI is InChI=1S/C14H20N4OS/c15-12(19)6-3-7-17-14-10(13(16)20)8-9-4-1-2-5-11(9)18-14/h8H,1-7H2,(H2,15,19)(H2,16,20)(H,17,18). The van der Waals surface area contributed by atoms with E-state index in [1.165, 1.54) is 18.4 Å². The second-order valence-electron chi connectivity index (χ2n) is 5.06. The second-order valence-corrected chi connectivity index (χ2v) is 5.50. The number of carbonyl (C=O) groups is 1. The fourth-order valence-corrected chi connectivity index (χ4v) is 2.58. The van der Waals surface area contributed by atoms with E-state index in [1.54, 1.807) is 0 Å². The molecule has 0 saturated carbocycles. The third-order valence-corrected chi connectivity index (χ3v) is 3.68. The zero-order valence-corrected chi connectivity index (χ0v) is 12.3. The summed E-state index contributed by atoms with van der Waals surface area (Å²) in [6.45, 7) is 0.629. The van der Waals surface area contributed by atoms with Crippen LogP contribution < -0.4 is 16.8 Å². The number of amides is 1. The Balaban J connectivity index is 2.13. The number of thiocarbonyl (C=S) groups is 1. The van der Waals surface area contributed by atoms with Crippen LogP contribution in [-0.4, -0.2) is 22.4 Å². The van der Waals surface area contributed by atoms with Crippen molar-refractivity contribution in [3.05, 3.63) is 22.9 Å². The number of nitrogens with two attached hydrogens (primary N) is 2. The Labute approximate surface area is 124 Å². The lowest BCUT2D eigenvalue weighted by atomic mass is 9.94. The van der Waals surface area contributed by atoms with Crippen molar-refractivity contribution in [1.82, 2.24) is 4.98 Å². The molecule has 0 spiro atoms. The van der Waals surface area contributed by atoms with Crippen molar-refractivity contribution in [2.45, 2.75) is 38.5 Å². The number of rotatable bonds is 6. The predicted molar refractivity (Wildman–Crippen MR) is 83.7 cm³/mol. The third-order valence-electron chi connectivity index (χ3n) is 3.46. The molecule has 0 radical (unpaired) electrons. The highest BCUT2D eigenvalue weighted by Crippen LogP contribution is 2.24. The highest BCUT2D eigenvalue weighted by atomic mass is 32.1. The molecule has 5 N–H and O–H groups in total. The van der Waals surface area contributed by atoms with Gasteiger partial charge in [0.2, 0.25) is 5.91 Å². The SMILES string of the molecule is NC(=O)CCCNc1nc2c(cc1C(N)=S)CCCC2. The Morgan fingerprint density at radius 3 is 2.80 bits per heavy atom. The normalized spacial score (nSPS) is 13.6. The van der Waals surface area contributed by atoms with Crippen molar-refractivity contribution in [2.24, 2.45) is 11.5 Å². The fraction of sp³-hybridized carbons (Fsp3) is 0.500. The van der Waals surface area contributed by atoms with Gasteiger partial charge in [-0.05, 0) is 43.7 Å². The van der Waals surface area contributed by atoms with Crippen LogP contribution in [0.5, 0.6) is 0 Å². The Bertz CT molecular complexity index is 530. The van der Waals surface area contributed by atoms with Gasteiger partial charge in [0.05, 0.1) is 5.56 Å². The van der Waals surface area contributed by atoms with Gasteiger partial charge in [-0.2, -0.15) is 0 Å².